The third-order valence-corrected chi connectivity index (χ3v) is 5.69. The lowest BCUT2D eigenvalue weighted by Crippen LogP contribution is -2.33. The average Bonchev–Trinajstić information content (AvgIpc) is 3.12. The summed E-state index contributed by atoms with van der Waals surface area (Å²) in [5.74, 6) is -0.184. The predicted octanol–water partition coefficient (Wildman–Crippen LogP) is 2.73. The molecule has 1 aliphatic rings. The molecule has 1 saturated heterocycles. The molecule has 1 unspecified atom stereocenters. The second-order valence-electron chi connectivity index (χ2n) is 6.95. The fraction of sp³-hybridized carbons (Fsp3) is 0.400. The molecule has 0 amide bonds. The molecule has 1 aliphatic heterocycles. The van der Waals surface area contributed by atoms with Crippen molar-refractivity contribution in [3.63, 3.8) is 0 Å². The number of sulfone groups is 1. The molecule has 1 heterocycles. The minimum atomic E-state index is -3.35. The van der Waals surface area contributed by atoms with Crippen molar-refractivity contribution < 1.29 is 22.7 Å². The zero-order chi connectivity index (χ0) is 19.4. The fourth-order valence-corrected chi connectivity index (χ4v) is 3.89. The van der Waals surface area contributed by atoms with Gasteiger partial charge >= 0.3 is 0 Å². The zero-order valence-corrected chi connectivity index (χ0v) is 16.1. The van der Waals surface area contributed by atoms with Crippen molar-refractivity contribution in [2.75, 3.05) is 32.5 Å². The number of hydrogen-bond acceptors (Lipinski definition) is 5. The first-order valence-electron chi connectivity index (χ1n) is 8.95. The molecule has 3 rings (SSSR count). The Morgan fingerprint density at radius 3 is 2.59 bits per heavy atom. The Bertz CT molecular complexity index is 895. The molecule has 27 heavy (non-hydrogen) atoms. The van der Waals surface area contributed by atoms with Crippen molar-refractivity contribution in [1.82, 2.24) is 4.90 Å². The van der Waals surface area contributed by atoms with E-state index in [-0.39, 0.29) is 11.5 Å². The van der Waals surface area contributed by atoms with Gasteiger partial charge in [0.15, 0.2) is 9.84 Å². The van der Waals surface area contributed by atoms with Gasteiger partial charge < -0.3 is 14.7 Å². The van der Waals surface area contributed by atoms with E-state index in [1.54, 1.807) is 18.2 Å². The Morgan fingerprint density at radius 1 is 1.15 bits per heavy atom. The Kier molecular flexibility index (Phi) is 6.14. The van der Waals surface area contributed by atoms with Gasteiger partial charge in [-0.2, -0.15) is 0 Å². The topological polar surface area (TPSA) is 66.8 Å². The lowest BCUT2D eigenvalue weighted by atomic mass is 10.1. The number of aliphatic hydroxyl groups is 1. The number of aliphatic hydroxyl groups excluding tert-OH is 1. The molecule has 5 nitrogen and oxygen atoms in total. The highest BCUT2D eigenvalue weighted by atomic mass is 32.2. The zero-order valence-electron chi connectivity index (χ0n) is 15.3. The number of hydrogen-bond donors (Lipinski definition) is 1. The molecule has 0 aliphatic carbocycles. The molecule has 1 fully saturated rings. The summed E-state index contributed by atoms with van der Waals surface area (Å²) in [6, 6.07) is 10.6. The molecule has 1 atom stereocenters. The maximum Gasteiger partial charge on any atom is 0.175 e. The quantitative estimate of drug-likeness (QED) is 0.784. The fourth-order valence-electron chi connectivity index (χ4n) is 3.23. The highest BCUT2D eigenvalue weighted by molar-refractivity contribution is 7.90. The van der Waals surface area contributed by atoms with E-state index in [1.807, 2.05) is 0 Å². The summed E-state index contributed by atoms with van der Waals surface area (Å²) < 4.78 is 43.1. The van der Waals surface area contributed by atoms with Gasteiger partial charge in [-0.05, 0) is 61.3 Å². The second-order valence-corrected chi connectivity index (χ2v) is 8.96. The van der Waals surface area contributed by atoms with E-state index in [9.17, 15) is 17.9 Å². The average molecular weight is 393 g/mol. The standard InChI is InChI=1S/C20H24FNO4S/c1-27(24,25)20-6-4-5-15(11-20)16-9-17(21)12-19(10-16)26-14-18(23)13-22-7-2-3-8-22/h4-6,9-12,18,23H,2-3,7-8,13-14H2,1H3. The summed E-state index contributed by atoms with van der Waals surface area (Å²) in [4.78, 5) is 2.36. The van der Waals surface area contributed by atoms with Crippen LogP contribution in [-0.4, -0.2) is 57.0 Å². The van der Waals surface area contributed by atoms with Crippen molar-refractivity contribution in [3.8, 4) is 16.9 Å². The summed E-state index contributed by atoms with van der Waals surface area (Å²) in [5, 5.41) is 10.1. The van der Waals surface area contributed by atoms with Crippen molar-refractivity contribution in [2.24, 2.45) is 0 Å². The number of benzene rings is 2. The number of likely N-dealkylation sites (tertiary alicyclic amines) is 1. The molecule has 0 saturated carbocycles. The van der Waals surface area contributed by atoms with Gasteiger partial charge in [0.05, 0.1) is 4.90 Å². The molecule has 7 heteroatoms. The van der Waals surface area contributed by atoms with Crippen LogP contribution in [0.2, 0.25) is 0 Å². The lowest BCUT2D eigenvalue weighted by molar-refractivity contribution is 0.0757. The summed E-state index contributed by atoms with van der Waals surface area (Å²) in [6.45, 7) is 2.58. The van der Waals surface area contributed by atoms with Crippen molar-refractivity contribution in [3.05, 3.63) is 48.3 Å². The van der Waals surface area contributed by atoms with Gasteiger partial charge in [0, 0.05) is 18.9 Å². The first-order chi connectivity index (χ1) is 12.8. The molecule has 0 bridgehead atoms. The van der Waals surface area contributed by atoms with Crippen molar-refractivity contribution in [2.45, 2.75) is 23.8 Å². The molecule has 146 valence electrons. The van der Waals surface area contributed by atoms with E-state index in [4.69, 9.17) is 4.74 Å². The van der Waals surface area contributed by atoms with E-state index in [2.05, 4.69) is 4.90 Å². The first kappa shape index (κ1) is 19.8. The number of β-amino-alcohol motifs (C(OH)–C–C–N with tert-alkyl or cyclic N) is 1. The Hall–Kier alpha value is -1.96. The minimum absolute atomic E-state index is 0.0722. The highest BCUT2D eigenvalue weighted by Crippen LogP contribution is 2.27. The van der Waals surface area contributed by atoms with Gasteiger partial charge in [0.25, 0.3) is 0 Å². The van der Waals surface area contributed by atoms with Crippen LogP contribution in [0, 0.1) is 5.82 Å². The van der Waals surface area contributed by atoms with Crippen LogP contribution in [0.5, 0.6) is 5.75 Å². The summed E-state index contributed by atoms with van der Waals surface area (Å²) in [6.07, 6.45) is 2.78. The van der Waals surface area contributed by atoms with Crippen LogP contribution in [0.4, 0.5) is 4.39 Å². The van der Waals surface area contributed by atoms with Crippen LogP contribution >= 0.6 is 0 Å². The number of rotatable bonds is 7. The number of nitrogens with zero attached hydrogens (tertiary/aromatic N) is 1. The van der Waals surface area contributed by atoms with Crippen LogP contribution in [0.25, 0.3) is 11.1 Å². The first-order valence-corrected chi connectivity index (χ1v) is 10.8. The Labute approximate surface area is 159 Å². The SMILES string of the molecule is CS(=O)(=O)c1cccc(-c2cc(F)cc(OCC(O)CN3CCCC3)c2)c1. The maximum atomic E-state index is 14.0. The van der Waals surface area contributed by atoms with E-state index in [1.165, 1.54) is 24.3 Å². The molecule has 0 aromatic heterocycles. The molecular formula is C20H24FNO4S. The van der Waals surface area contributed by atoms with Crippen LogP contribution in [0.3, 0.4) is 0 Å². The molecule has 0 radical (unpaired) electrons. The van der Waals surface area contributed by atoms with E-state index in [0.29, 0.717) is 23.4 Å². The van der Waals surface area contributed by atoms with E-state index < -0.39 is 21.8 Å². The van der Waals surface area contributed by atoms with Crippen LogP contribution in [-0.2, 0) is 9.84 Å². The summed E-state index contributed by atoms with van der Waals surface area (Å²) >= 11 is 0. The smallest absolute Gasteiger partial charge is 0.175 e. The molecular weight excluding hydrogens is 369 g/mol. The largest absolute Gasteiger partial charge is 0.491 e. The maximum absolute atomic E-state index is 14.0. The van der Waals surface area contributed by atoms with Crippen LogP contribution in [0.1, 0.15) is 12.8 Å². The van der Waals surface area contributed by atoms with Gasteiger partial charge in [-0.25, -0.2) is 12.8 Å². The van der Waals surface area contributed by atoms with Crippen molar-refractivity contribution in [1.29, 1.82) is 0 Å². The van der Waals surface area contributed by atoms with Gasteiger partial charge in [-0.3, -0.25) is 0 Å². The lowest BCUT2D eigenvalue weighted by Gasteiger charge is -2.19. The highest BCUT2D eigenvalue weighted by Gasteiger charge is 2.16. The van der Waals surface area contributed by atoms with Gasteiger partial charge in [-0.1, -0.05) is 12.1 Å². The second kappa shape index (κ2) is 8.37. The Balaban J connectivity index is 1.72. The minimum Gasteiger partial charge on any atom is -0.491 e. The van der Waals surface area contributed by atoms with Gasteiger partial charge in [0.2, 0.25) is 0 Å². The normalized spacial score (nSPS) is 16.4. The number of halogens is 1. The van der Waals surface area contributed by atoms with Gasteiger partial charge in [-0.15, -0.1) is 0 Å². The summed E-state index contributed by atoms with van der Waals surface area (Å²) in [7, 11) is -3.35. The van der Waals surface area contributed by atoms with E-state index >= 15 is 0 Å². The molecule has 2 aromatic carbocycles. The Morgan fingerprint density at radius 2 is 1.89 bits per heavy atom. The number of ether oxygens (including phenoxy) is 1. The molecule has 0 spiro atoms. The van der Waals surface area contributed by atoms with Crippen molar-refractivity contribution >= 4 is 9.84 Å². The predicted molar refractivity (Wildman–Crippen MR) is 102 cm³/mol. The van der Waals surface area contributed by atoms with Gasteiger partial charge in [0.1, 0.15) is 24.3 Å². The summed E-state index contributed by atoms with van der Waals surface area (Å²) in [5.41, 5.74) is 1.10. The third kappa shape index (κ3) is 5.51. The van der Waals surface area contributed by atoms with Crippen LogP contribution in [0.15, 0.2) is 47.4 Å². The molecule has 2 aromatic rings. The van der Waals surface area contributed by atoms with E-state index in [0.717, 1.165) is 32.2 Å². The third-order valence-electron chi connectivity index (χ3n) is 4.58. The molecule has 1 N–H and O–H groups in total. The van der Waals surface area contributed by atoms with Crippen LogP contribution < -0.4 is 4.74 Å². The monoisotopic (exact) mass is 393 g/mol.